The molecule has 1 atom stereocenters. The molecule has 0 bridgehead atoms. The molecule has 30 heavy (non-hydrogen) atoms. The first-order valence-corrected chi connectivity index (χ1v) is 11.0. The molecular weight excluding hydrogens is 382 g/mol. The molecule has 1 rings (SSSR count). The van der Waals surface area contributed by atoms with Crippen LogP contribution in [0.5, 0.6) is 0 Å². The molecule has 7 nitrogen and oxygen atoms in total. The maximum absolute atomic E-state index is 13.0. The molecule has 1 aromatic rings. The van der Waals surface area contributed by atoms with Gasteiger partial charge in [0.15, 0.2) is 0 Å². The smallest absolute Gasteiger partial charge is 0.407 e. The maximum atomic E-state index is 13.0. The van der Waals surface area contributed by atoms with E-state index in [-0.39, 0.29) is 18.4 Å². The lowest BCUT2D eigenvalue weighted by Gasteiger charge is -2.28. The van der Waals surface area contributed by atoms with Gasteiger partial charge < -0.3 is 20.3 Å². The van der Waals surface area contributed by atoms with Crippen molar-refractivity contribution in [1.29, 1.82) is 0 Å². The van der Waals surface area contributed by atoms with E-state index in [4.69, 9.17) is 4.74 Å². The van der Waals surface area contributed by atoms with Crippen LogP contribution in [-0.4, -0.2) is 48.5 Å². The first-order chi connectivity index (χ1) is 14.5. The molecule has 0 aromatic heterocycles. The van der Waals surface area contributed by atoms with E-state index >= 15 is 0 Å². The Morgan fingerprint density at radius 1 is 1.00 bits per heavy atom. The third-order valence-electron chi connectivity index (χ3n) is 4.72. The summed E-state index contributed by atoms with van der Waals surface area (Å²) in [5.74, 6) is -0.210. The van der Waals surface area contributed by atoms with E-state index in [0.29, 0.717) is 32.5 Å². The van der Waals surface area contributed by atoms with Gasteiger partial charge in [0.2, 0.25) is 11.8 Å². The summed E-state index contributed by atoms with van der Waals surface area (Å²) in [6.45, 7) is 7.32. The van der Waals surface area contributed by atoms with Gasteiger partial charge in [-0.15, -0.1) is 0 Å². The van der Waals surface area contributed by atoms with E-state index in [1.807, 2.05) is 37.3 Å². The highest BCUT2D eigenvalue weighted by Crippen LogP contribution is 2.08. The minimum Gasteiger partial charge on any atom is -0.445 e. The number of hydrogen-bond donors (Lipinski definition) is 2. The average molecular weight is 420 g/mol. The Kier molecular flexibility index (Phi) is 13.0. The molecule has 0 aliphatic carbocycles. The summed E-state index contributed by atoms with van der Waals surface area (Å²) in [6, 6.07) is 8.94. The predicted molar refractivity (Wildman–Crippen MR) is 118 cm³/mol. The van der Waals surface area contributed by atoms with Gasteiger partial charge in [-0.2, -0.15) is 0 Å². The lowest BCUT2D eigenvalue weighted by Crippen LogP contribution is -2.50. The number of hydrogen-bond acceptors (Lipinski definition) is 4. The van der Waals surface area contributed by atoms with Crippen LogP contribution in [0, 0.1) is 0 Å². The highest BCUT2D eigenvalue weighted by atomic mass is 16.5. The van der Waals surface area contributed by atoms with Crippen molar-refractivity contribution in [3.8, 4) is 0 Å². The molecular formula is C23H37N3O4. The fourth-order valence-electron chi connectivity index (χ4n) is 3.04. The molecule has 0 saturated heterocycles. The third kappa shape index (κ3) is 10.3. The molecule has 0 spiro atoms. The normalized spacial score (nSPS) is 11.4. The van der Waals surface area contributed by atoms with Crippen molar-refractivity contribution >= 4 is 17.9 Å². The van der Waals surface area contributed by atoms with Gasteiger partial charge >= 0.3 is 6.09 Å². The summed E-state index contributed by atoms with van der Waals surface area (Å²) < 4.78 is 5.20. The Morgan fingerprint density at radius 3 is 2.37 bits per heavy atom. The number of amides is 3. The Hall–Kier alpha value is -2.57. The van der Waals surface area contributed by atoms with Gasteiger partial charge in [0.05, 0.1) is 0 Å². The van der Waals surface area contributed by atoms with Crippen LogP contribution in [0.4, 0.5) is 4.79 Å². The van der Waals surface area contributed by atoms with Crippen LogP contribution in [0.2, 0.25) is 0 Å². The van der Waals surface area contributed by atoms with Crippen molar-refractivity contribution in [1.82, 2.24) is 15.5 Å². The molecule has 0 aliphatic heterocycles. The largest absolute Gasteiger partial charge is 0.445 e. The number of benzene rings is 1. The molecule has 1 unspecified atom stereocenters. The number of rotatable bonds is 14. The minimum absolute atomic E-state index is 0.0887. The van der Waals surface area contributed by atoms with Crippen LogP contribution in [0.25, 0.3) is 0 Å². The highest BCUT2D eigenvalue weighted by molar-refractivity contribution is 5.87. The van der Waals surface area contributed by atoms with E-state index in [1.54, 1.807) is 11.8 Å². The zero-order valence-corrected chi connectivity index (χ0v) is 18.6. The van der Waals surface area contributed by atoms with Gasteiger partial charge in [-0.05, 0) is 18.4 Å². The molecule has 0 radical (unpaired) electrons. The molecule has 7 heteroatoms. The van der Waals surface area contributed by atoms with Crippen LogP contribution in [0.15, 0.2) is 30.3 Å². The number of nitrogens with one attached hydrogen (secondary N) is 2. The third-order valence-corrected chi connectivity index (χ3v) is 4.72. The zero-order chi connectivity index (χ0) is 22.2. The number of nitrogens with zero attached hydrogens (tertiary/aromatic N) is 1. The van der Waals surface area contributed by atoms with Crippen molar-refractivity contribution in [3.05, 3.63) is 35.9 Å². The minimum atomic E-state index is -0.513. The molecule has 0 aliphatic rings. The van der Waals surface area contributed by atoms with Crippen LogP contribution < -0.4 is 10.6 Å². The predicted octanol–water partition coefficient (Wildman–Crippen LogP) is 3.63. The Balaban J connectivity index is 2.54. The summed E-state index contributed by atoms with van der Waals surface area (Å²) in [4.78, 5) is 38.5. The Morgan fingerprint density at radius 2 is 1.73 bits per heavy atom. The summed E-state index contributed by atoms with van der Waals surface area (Å²) in [5, 5.41) is 5.56. The quantitative estimate of drug-likeness (QED) is 0.451. The second kappa shape index (κ2) is 15.3. The van der Waals surface area contributed by atoms with E-state index < -0.39 is 12.1 Å². The van der Waals surface area contributed by atoms with Gasteiger partial charge in [0, 0.05) is 26.1 Å². The first-order valence-electron chi connectivity index (χ1n) is 11.0. The van der Waals surface area contributed by atoms with Gasteiger partial charge in [0.25, 0.3) is 0 Å². The monoisotopic (exact) mass is 419 g/mol. The number of carbonyl (C=O) groups is 3. The van der Waals surface area contributed by atoms with E-state index in [1.165, 1.54) is 0 Å². The summed E-state index contributed by atoms with van der Waals surface area (Å²) >= 11 is 0. The number of carbonyl (C=O) groups excluding carboxylic acids is 3. The number of ether oxygens (including phenoxy) is 1. The Labute approximate surface area is 180 Å². The SMILES string of the molecule is CCCCCC(NC(=O)CC)C(=O)N(CCC)CCNC(=O)OCc1ccccc1. The van der Waals surface area contributed by atoms with Crippen molar-refractivity contribution in [3.63, 3.8) is 0 Å². The van der Waals surface area contributed by atoms with Crippen LogP contribution >= 0.6 is 0 Å². The molecule has 0 heterocycles. The lowest BCUT2D eigenvalue weighted by atomic mass is 10.1. The molecule has 2 N–H and O–H groups in total. The highest BCUT2D eigenvalue weighted by Gasteiger charge is 2.24. The van der Waals surface area contributed by atoms with Crippen LogP contribution in [0.1, 0.15) is 64.9 Å². The number of unbranched alkanes of at least 4 members (excludes halogenated alkanes) is 2. The van der Waals surface area contributed by atoms with Gasteiger partial charge in [0.1, 0.15) is 12.6 Å². The zero-order valence-electron chi connectivity index (χ0n) is 18.6. The molecule has 1 aromatic carbocycles. The van der Waals surface area contributed by atoms with Crippen molar-refractivity contribution in [2.45, 2.75) is 71.9 Å². The second-order valence-corrected chi connectivity index (χ2v) is 7.28. The fraction of sp³-hybridized carbons (Fsp3) is 0.609. The molecule has 0 saturated carbocycles. The average Bonchev–Trinajstić information content (AvgIpc) is 2.76. The van der Waals surface area contributed by atoms with E-state index in [2.05, 4.69) is 17.6 Å². The lowest BCUT2D eigenvalue weighted by molar-refractivity contribution is -0.136. The molecule has 0 fully saturated rings. The topological polar surface area (TPSA) is 87.7 Å². The second-order valence-electron chi connectivity index (χ2n) is 7.28. The van der Waals surface area contributed by atoms with E-state index in [0.717, 1.165) is 31.2 Å². The summed E-state index contributed by atoms with van der Waals surface area (Å²) in [6.07, 6.45) is 4.23. The van der Waals surface area contributed by atoms with Gasteiger partial charge in [-0.25, -0.2) is 4.79 Å². The maximum Gasteiger partial charge on any atom is 0.407 e. The molecule has 3 amide bonds. The van der Waals surface area contributed by atoms with Crippen molar-refractivity contribution in [2.24, 2.45) is 0 Å². The molecule has 168 valence electrons. The van der Waals surface area contributed by atoms with Crippen molar-refractivity contribution < 1.29 is 19.1 Å². The standard InChI is InChI=1S/C23H37N3O4/c1-4-7-9-14-20(25-21(27)6-3)22(28)26(16-5-2)17-15-24-23(29)30-18-19-12-10-8-11-13-19/h8,10-13,20H,4-7,9,14-18H2,1-3H3,(H,24,29)(H,25,27). The Bertz CT molecular complexity index is 637. The summed E-state index contributed by atoms with van der Waals surface area (Å²) in [7, 11) is 0. The fourth-order valence-corrected chi connectivity index (χ4v) is 3.04. The van der Waals surface area contributed by atoms with E-state index in [9.17, 15) is 14.4 Å². The van der Waals surface area contributed by atoms with Gasteiger partial charge in [-0.1, -0.05) is 70.4 Å². The van der Waals surface area contributed by atoms with Gasteiger partial charge in [-0.3, -0.25) is 9.59 Å². The van der Waals surface area contributed by atoms with Crippen LogP contribution in [0.3, 0.4) is 0 Å². The van der Waals surface area contributed by atoms with Crippen molar-refractivity contribution in [2.75, 3.05) is 19.6 Å². The van der Waals surface area contributed by atoms with Crippen LogP contribution in [-0.2, 0) is 20.9 Å². The first kappa shape index (κ1) is 25.5. The number of alkyl carbamates (subject to hydrolysis) is 1. The summed E-state index contributed by atoms with van der Waals surface area (Å²) in [5.41, 5.74) is 0.914.